The third kappa shape index (κ3) is 2.49. The number of hydrogen-bond donors (Lipinski definition) is 1. The van der Waals surface area contributed by atoms with Gasteiger partial charge in [-0.05, 0) is 37.5 Å². The fourth-order valence-corrected chi connectivity index (χ4v) is 3.59. The Kier molecular flexibility index (Phi) is 4.08. The van der Waals surface area contributed by atoms with Crippen LogP contribution in [0.3, 0.4) is 0 Å². The minimum atomic E-state index is 0.228. The van der Waals surface area contributed by atoms with Crippen molar-refractivity contribution in [2.45, 2.75) is 52.0 Å². The number of hydrogen-bond acceptors (Lipinski definition) is 2. The summed E-state index contributed by atoms with van der Waals surface area (Å²) in [6.45, 7) is 6.11. The number of fused-ring (bicyclic) bond motifs is 1. The number of amides is 1. The van der Waals surface area contributed by atoms with Gasteiger partial charge in [0, 0.05) is 25.0 Å². The van der Waals surface area contributed by atoms with E-state index in [1.165, 1.54) is 12.8 Å². The normalized spacial score (nSPS) is 32.9. The fraction of sp³-hybridized carbons (Fsp3) is 0.929. The number of likely N-dealkylation sites (tertiary alicyclic amines) is 1. The third-order valence-electron chi connectivity index (χ3n) is 4.80. The Labute approximate surface area is 105 Å². The average molecular weight is 238 g/mol. The van der Waals surface area contributed by atoms with E-state index in [0.717, 1.165) is 32.4 Å². The van der Waals surface area contributed by atoms with Crippen LogP contribution in [0, 0.1) is 17.8 Å². The second-order valence-electron chi connectivity index (χ2n) is 5.78. The summed E-state index contributed by atoms with van der Waals surface area (Å²) in [6, 6.07) is 0.327. The summed E-state index contributed by atoms with van der Waals surface area (Å²) >= 11 is 0. The Hall–Kier alpha value is -0.570. The molecule has 98 valence electrons. The predicted octanol–water partition coefficient (Wildman–Crippen LogP) is 2.01. The van der Waals surface area contributed by atoms with Gasteiger partial charge in [0.05, 0.1) is 0 Å². The van der Waals surface area contributed by atoms with Crippen LogP contribution < -0.4 is 5.73 Å². The molecule has 2 N–H and O–H groups in total. The number of nitrogens with zero attached hydrogens (tertiary/aromatic N) is 1. The van der Waals surface area contributed by atoms with E-state index < -0.39 is 0 Å². The summed E-state index contributed by atoms with van der Waals surface area (Å²) in [5.41, 5.74) is 6.19. The molecule has 1 heterocycles. The maximum atomic E-state index is 12.3. The molecule has 2 rings (SSSR count). The number of carbonyl (C=O) groups excluding carboxylic acids is 1. The molecule has 2 fully saturated rings. The van der Waals surface area contributed by atoms with Crippen LogP contribution in [0.2, 0.25) is 0 Å². The molecule has 17 heavy (non-hydrogen) atoms. The lowest BCUT2D eigenvalue weighted by Gasteiger charge is -2.29. The van der Waals surface area contributed by atoms with Gasteiger partial charge in [-0.3, -0.25) is 4.79 Å². The first-order valence-corrected chi connectivity index (χ1v) is 7.21. The molecule has 1 saturated carbocycles. The van der Waals surface area contributed by atoms with E-state index >= 15 is 0 Å². The lowest BCUT2D eigenvalue weighted by atomic mass is 9.78. The molecule has 0 aromatic carbocycles. The molecule has 0 aromatic heterocycles. The number of nitrogens with two attached hydrogens (primary N) is 1. The van der Waals surface area contributed by atoms with Gasteiger partial charge in [-0.1, -0.05) is 20.3 Å². The van der Waals surface area contributed by atoms with Gasteiger partial charge in [-0.25, -0.2) is 0 Å². The van der Waals surface area contributed by atoms with Gasteiger partial charge in [-0.2, -0.15) is 0 Å². The van der Waals surface area contributed by atoms with E-state index in [2.05, 4.69) is 18.7 Å². The monoisotopic (exact) mass is 238 g/mol. The zero-order valence-corrected chi connectivity index (χ0v) is 11.2. The molecule has 3 atom stereocenters. The van der Waals surface area contributed by atoms with E-state index in [1.54, 1.807) is 0 Å². The Balaban J connectivity index is 1.98. The lowest BCUT2D eigenvalue weighted by molar-refractivity contribution is -0.134. The molecular formula is C14H26N2O. The lowest BCUT2D eigenvalue weighted by Crippen LogP contribution is -2.39. The molecule has 2 aliphatic rings. The smallest absolute Gasteiger partial charge is 0.225 e. The second kappa shape index (κ2) is 5.38. The molecule has 3 nitrogen and oxygen atoms in total. The first kappa shape index (κ1) is 12.9. The van der Waals surface area contributed by atoms with Crippen molar-refractivity contribution >= 4 is 5.91 Å². The summed E-state index contributed by atoms with van der Waals surface area (Å²) in [5.74, 6) is 1.85. The van der Waals surface area contributed by atoms with E-state index in [1.807, 2.05) is 0 Å². The largest absolute Gasteiger partial charge is 0.342 e. The SMILES string of the molecule is CCC(CC)C(=O)N1CC2CCCC(N)C2C1. The van der Waals surface area contributed by atoms with Gasteiger partial charge < -0.3 is 10.6 Å². The summed E-state index contributed by atoms with van der Waals surface area (Å²) in [5, 5.41) is 0. The Morgan fingerprint density at radius 3 is 2.59 bits per heavy atom. The Bertz CT molecular complexity index is 275. The first-order chi connectivity index (χ1) is 8.17. The molecule has 1 amide bonds. The topological polar surface area (TPSA) is 46.3 Å². The van der Waals surface area contributed by atoms with Crippen LogP contribution in [0.15, 0.2) is 0 Å². The fourth-order valence-electron chi connectivity index (χ4n) is 3.59. The summed E-state index contributed by atoms with van der Waals surface area (Å²) in [4.78, 5) is 14.4. The van der Waals surface area contributed by atoms with Crippen LogP contribution in [-0.2, 0) is 4.79 Å². The summed E-state index contributed by atoms with van der Waals surface area (Å²) in [6.07, 6.45) is 5.59. The highest BCUT2D eigenvalue weighted by Crippen LogP contribution is 2.36. The minimum absolute atomic E-state index is 0.228. The maximum Gasteiger partial charge on any atom is 0.225 e. The molecule has 1 saturated heterocycles. The molecule has 0 spiro atoms. The summed E-state index contributed by atoms with van der Waals surface area (Å²) in [7, 11) is 0. The second-order valence-corrected chi connectivity index (χ2v) is 5.78. The zero-order chi connectivity index (χ0) is 12.4. The van der Waals surface area contributed by atoms with Crippen molar-refractivity contribution in [3.8, 4) is 0 Å². The standard InChI is InChI=1S/C14H26N2O/c1-3-10(4-2)14(17)16-8-11-6-5-7-13(15)12(11)9-16/h10-13H,3-9,15H2,1-2H3. The van der Waals surface area contributed by atoms with E-state index in [-0.39, 0.29) is 5.92 Å². The highest BCUT2D eigenvalue weighted by molar-refractivity contribution is 5.79. The van der Waals surface area contributed by atoms with E-state index in [0.29, 0.717) is 23.8 Å². The number of carbonyl (C=O) groups is 1. The van der Waals surface area contributed by atoms with Crippen molar-refractivity contribution in [3.63, 3.8) is 0 Å². The zero-order valence-electron chi connectivity index (χ0n) is 11.2. The third-order valence-corrected chi connectivity index (χ3v) is 4.80. The maximum absolute atomic E-state index is 12.3. The molecule has 0 aromatic rings. The van der Waals surface area contributed by atoms with Crippen LogP contribution in [0.4, 0.5) is 0 Å². The minimum Gasteiger partial charge on any atom is -0.342 e. The van der Waals surface area contributed by atoms with Crippen molar-refractivity contribution in [1.29, 1.82) is 0 Å². The van der Waals surface area contributed by atoms with Crippen molar-refractivity contribution in [1.82, 2.24) is 4.90 Å². The number of rotatable bonds is 3. The molecule has 1 aliphatic carbocycles. The van der Waals surface area contributed by atoms with Crippen molar-refractivity contribution in [2.24, 2.45) is 23.5 Å². The first-order valence-electron chi connectivity index (χ1n) is 7.21. The van der Waals surface area contributed by atoms with Gasteiger partial charge >= 0.3 is 0 Å². The highest BCUT2D eigenvalue weighted by atomic mass is 16.2. The average Bonchev–Trinajstić information content (AvgIpc) is 2.76. The van der Waals surface area contributed by atoms with Crippen molar-refractivity contribution in [2.75, 3.05) is 13.1 Å². The van der Waals surface area contributed by atoms with Crippen molar-refractivity contribution in [3.05, 3.63) is 0 Å². The van der Waals surface area contributed by atoms with Crippen LogP contribution in [0.1, 0.15) is 46.0 Å². The van der Waals surface area contributed by atoms with Gasteiger partial charge in [0.15, 0.2) is 0 Å². The summed E-state index contributed by atoms with van der Waals surface area (Å²) < 4.78 is 0. The van der Waals surface area contributed by atoms with Gasteiger partial charge in [0.25, 0.3) is 0 Å². The highest BCUT2D eigenvalue weighted by Gasteiger charge is 2.41. The molecule has 3 unspecified atom stereocenters. The Morgan fingerprint density at radius 1 is 1.29 bits per heavy atom. The van der Waals surface area contributed by atoms with Gasteiger partial charge in [0.1, 0.15) is 0 Å². The van der Waals surface area contributed by atoms with E-state index in [4.69, 9.17) is 5.73 Å². The van der Waals surface area contributed by atoms with E-state index in [9.17, 15) is 4.79 Å². The van der Waals surface area contributed by atoms with Crippen LogP contribution >= 0.6 is 0 Å². The predicted molar refractivity (Wildman–Crippen MR) is 69.5 cm³/mol. The van der Waals surface area contributed by atoms with Crippen molar-refractivity contribution < 1.29 is 4.79 Å². The molecule has 3 heteroatoms. The van der Waals surface area contributed by atoms with Crippen LogP contribution in [-0.4, -0.2) is 29.9 Å². The molecule has 1 aliphatic heterocycles. The van der Waals surface area contributed by atoms with Gasteiger partial charge in [-0.15, -0.1) is 0 Å². The van der Waals surface area contributed by atoms with Gasteiger partial charge in [0.2, 0.25) is 5.91 Å². The molecule has 0 radical (unpaired) electrons. The quantitative estimate of drug-likeness (QED) is 0.817. The van der Waals surface area contributed by atoms with Crippen LogP contribution in [0.5, 0.6) is 0 Å². The molecular weight excluding hydrogens is 212 g/mol. The Morgan fingerprint density at radius 2 is 2.00 bits per heavy atom. The van der Waals surface area contributed by atoms with Crippen LogP contribution in [0.25, 0.3) is 0 Å². The molecule has 0 bridgehead atoms.